The molecule has 2 aromatic rings. The van der Waals surface area contributed by atoms with Crippen molar-refractivity contribution < 1.29 is 40.7 Å². The summed E-state index contributed by atoms with van der Waals surface area (Å²) in [6.07, 6.45) is -6.93. The molecule has 0 aromatic heterocycles. The average Bonchev–Trinajstić information content (AvgIpc) is 3.05. The Kier molecular flexibility index (Phi) is 16.6. The lowest BCUT2D eigenvalue weighted by atomic mass is 10.1. The van der Waals surface area contributed by atoms with Gasteiger partial charge in [0.05, 0.1) is 33.9 Å². The van der Waals surface area contributed by atoms with Crippen LogP contribution in [-0.2, 0) is 26.7 Å². The smallest absolute Gasteiger partial charge is 0.380 e. The van der Waals surface area contributed by atoms with Crippen LogP contribution in [0.4, 0.5) is 49.1 Å². The third-order valence-corrected chi connectivity index (χ3v) is 7.68. The molecule has 52 heavy (non-hydrogen) atoms. The first-order valence-corrected chi connectivity index (χ1v) is 16.5. The monoisotopic (exact) mass is 758 g/mol. The van der Waals surface area contributed by atoms with Crippen molar-refractivity contribution in [1.29, 1.82) is 0 Å². The van der Waals surface area contributed by atoms with Gasteiger partial charge in [-0.3, -0.25) is 24.4 Å². The SMILES string of the molecule is C=C(/C=C(\N=CC)C(=O)Nc1cc(C(F)(F)F)ccc1SCCN)C(=O)Nc1cc(C(F)(F)F)cc(NC(=O)CCCCN=C(N)N)c1NCCN. The number of alkyl halides is 6. The predicted molar refractivity (Wildman–Crippen MR) is 192 cm³/mol. The van der Waals surface area contributed by atoms with Crippen LogP contribution in [0.2, 0.25) is 0 Å². The molecule has 20 heteroatoms. The van der Waals surface area contributed by atoms with Crippen LogP contribution in [0.1, 0.15) is 37.3 Å². The van der Waals surface area contributed by atoms with E-state index < -0.39 is 58.2 Å². The maximum Gasteiger partial charge on any atom is 0.416 e. The van der Waals surface area contributed by atoms with Gasteiger partial charge in [-0.25, -0.2) is 0 Å². The minimum Gasteiger partial charge on any atom is -0.380 e. The lowest BCUT2D eigenvalue weighted by molar-refractivity contribution is -0.138. The molecule has 0 saturated carbocycles. The molecule has 0 saturated heterocycles. The van der Waals surface area contributed by atoms with Crippen LogP contribution < -0.4 is 44.2 Å². The van der Waals surface area contributed by atoms with E-state index >= 15 is 0 Å². The summed E-state index contributed by atoms with van der Waals surface area (Å²) in [4.78, 5) is 47.2. The van der Waals surface area contributed by atoms with Gasteiger partial charge in [-0.2, -0.15) is 26.3 Å². The number of carbonyl (C=O) groups excluding carboxylic acids is 3. The summed E-state index contributed by atoms with van der Waals surface area (Å²) in [7, 11) is 0. The van der Waals surface area contributed by atoms with Crippen LogP contribution in [-0.4, -0.2) is 61.8 Å². The number of nitrogens with zero attached hydrogens (tertiary/aromatic N) is 2. The molecule has 0 atom stereocenters. The topological polar surface area (TPSA) is 228 Å². The van der Waals surface area contributed by atoms with Gasteiger partial charge >= 0.3 is 12.4 Å². The highest BCUT2D eigenvalue weighted by Crippen LogP contribution is 2.40. The third-order valence-electron chi connectivity index (χ3n) is 6.57. The fourth-order valence-electron chi connectivity index (χ4n) is 4.23. The molecule has 0 bridgehead atoms. The van der Waals surface area contributed by atoms with E-state index in [0.717, 1.165) is 30.0 Å². The van der Waals surface area contributed by atoms with E-state index in [0.29, 0.717) is 30.7 Å². The molecule has 0 fully saturated rings. The molecular formula is C32H40F6N10O3S. The number of amides is 3. The summed E-state index contributed by atoms with van der Waals surface area (Å²) in [5, 5.41) is 9.90. The largest absolute Gasteiger partial charge is 0.416 e. The number of nitrogens with two attached hydrogens (primary N) is 4. The van der Waals surface area contributed by atoms with Gasteiger partial charge in [-0.1, -0.05) is 6.58 Å². The molecule has 12 N–H and O–H groups in total. The number of unbranched alkanes of at least 4 members (excludes halogenated alkanes) is 1. The van der Waals surface area contributed by atoms with Crippen LogP contribution in [0, 0.1) is 0 Å². The number of aliphatic imine (C=N–C) groups is 2. The Morgan fingerprint density at radius 2 is 1.48 bits per heavy atom. The molecule has 2 aromatic carbocycles. The average molecular weight is 759 g/mol. The van der Waals surface area contributed by atoms with E-state index in [2.05, 4.69) is 37.8 Å². The maximum atomic E-state index is 14.0. The molecule has 3 amide bonds. The molecular weight excluding hydrogens is 718 g/mol. The van der Waals surface area contributed by atoms with Crippen LogP contribution in [0.3, 0.4) is 0 Å². The fourth-order valence-corrected chi connectivity index (χ4v) is 5.00. The second kappa shape index (κ2) is 20.1. The van der Waals surface area contributed by atoms with E-state index in [1.807, 2.05) is 0 Å². The summed E-state index contributed by atoms with van der Waals surface area (Å²) in [5.74, 6) is -2.54. The Labute approximate surface area is 299 Å². The number of benzene rings is 2. The van der Waals surface area contributed by atoms with Gasteiger partial charge in [0.25, 0.3) is 11.8 Å². The molecule has 284 valence electrons. The minimum absolute atomic E-state index is 0.0209. The fraction of sp³-hybridized carbons (Fsp3) is 0.344. The maximum absolute atomic E-state index is 14.0. The van der Waals surface area contributed by atoms with Gasteiger partial charge < -0.3 is 44.2 Å². The summed E-state index contributed by atoms with van der Waals surface area (Å²) in [6.45, 7) is 5.50. The Hall–Kier alpha value is -5.08. The van der Waals surface area contributed by atoms with Gasteiger partial charge in [-0.05, 0) is 56.2 Å². The van der Waals surface area contributed by atoms with Gasteiger partial charge in [0.15, 0.2) is 5.96 Å². The van der Waals surface area contributed by atoms with Gasteiger partial charge in [-0.15, -0.1) is 11.8 Å². The molecule has 0 unspecified atom stereocenters. The molecule has 0 spiro atoms. The number of nitrogens with one attached hydrogen (secondary N) is 4. The zero-order chi connectivity index (χ0) is 39.1. The van der Waals surface area contributed by atoms with Gasteiger partial charge in [0, 0.05) is 55.0 Å². The number of hydrogen-bond acceptors (Lipinski definition) is 9. The van der Waals surface area contributed by atoms with Crippen molar-refractivity contribution >= 4 is 64.4 Å². The van der Waals surface area contributed by atoms with Crippen molar-refractivity contribution in [3.63, 3.8) is 0 Å². The molecule has 0 radical (unpaired) electrons. The Balaban J connectivity index is 2.45. The number of rotatable bonds is 18. The first-order valence-electron chi connectivity index (χ1n) is 15.5. The lowest BCUT2D eigenvalue weighted by Crippen LogP contribution is -2.23. The van der Waals surface area contributed by atoms with Crippen molar-refractivity contribution in [1.82, 2.24) is 0 Å². The van der Waals surface area contributed by atoms with Gasteiger partial charge in [0.2, 0.25) is 5.91 Å². The molecule has 2 rings (SSSR count). The number of anilines is 4. The molecule has 0 aliphatic heterocycles. The molecule has 13 nitrogen and oxygen atoms in total. The van der Waals surface area contributed by atoms with E-state index in [-0.39, 0.29) is 60.5 Å². The summed E-state index contributed by atoms with van der Waals surface area (Å²) < 4.78 is 82.3. The van der Waals surface area contributed by atoms with E-state index in [4.69, 9.17) is 22.9 Å². The lowest BCUT2D eigenvalue weighted by Gasteiger charge is -2.20. The quantitative estimate of drug-likeness (QED) is 0.0201. The second-order valence-corrected chi connectivity index (χ2v) is 11.8. The second-order valence-electron chi connectivity index (χ2n) is 10.7. The van der Waals surface area contributed by atoms with E-state index in [1.54, 1.807) is 0 Å². The van der Waals surface area contributed by atoms with Crippen LogP contribution in [0.5, 0.6) is 0 Å². The van der Waals surface area contributed by atoms with E-state index in [1.165, 1.54) is 19.2 Å². The number of halogens is 6. The first kappa shape index (κ1) is 43.1. The van der Waals surface area contributed by atoms with Gasteiger partial charge in [0.1, 0.15) is 5.70 Å². The van der Waals surface area contributed by atoms with Crippen molar-refractivity contribution in [2.24, 2.45) is 32.9 Å². The summed E-state index contributed by atoms with van der Waals surface area (Å²) >= 11 is 1.09. The highest BCUT2D eigenvalue weighted by atomic mass is 32.2. The zero-order valence-corrected chi connectivity index (χ0v) is 28.8. The molecule has 0 heterocycles. The Morgan fingerprint density at radius 3 is 2.06 bits per heavy atom. The van der Waals surface area contributed by atoms with Crippen LogP contribution >= 0.6 is 11.8 Å². The molecule has 0 aliphatic rings. The summed E-state index contributed by atoms with van der Waals surface area (Å²) in [5.41, 5.74) is 17.4. The number of thioether (sulfide) groups is 1. The normalized spacial score (nSPS) is 12.0. The number of guanidine groups is 1. The summed E-state index contributed by atoms with van der Waals surface area (Å²) in [6, 6.07) is 4.07. The van der Waals surface area contributed by atoms with Crippen molar-refractivity contribution in [2.75, 3.05) is 53.2 Å². The van der Waals surface area contributed by atoms with Crippen LogP contribution in [0.25, 0.3) is 0 Å². The highest BCUT2D eigenvalue weighted by Gasteiger charge is 2.33. The zero-order valence-electron chi connectivity index (χ0n) is 28.0. The highest BCUT2D eigenvalue weighted by molar-refractivity contribution is 7.99. The predicted octanol–water partition coefficient (Wildman–Crippen LogP) is 4.64. The van der Waals surface area contributed by atoms with Crippen LogP contribution in [0.15, 0.2) is 69.1 Å². The standard InChI is InChI=1S/C32H40F6N10O3S/c1-3-43-24(29(51)47-21-15-19(31(33,34)35)7-8-25(21)52-13-10-40)14-18(2)28(50)48-23-17-20(32(36,37)38)16-22(27(23)44-12-9-39)46-26(49)6-4-5-11-45-30(41)42/h3,7-8,14-17,44H,2,4-6,9-13,39-40H2,1H3,(H,46,49)(H,47,51)(H,48,50)(H4,41,42,45)/b24-14-,43-3?. The van der Waals surface area contributed by atoms with Crippen molar-refractivity contribution in [3.8, 4) is 0 Å². The Morgan fingerprint density at radius 1 is 0.865 bits per heavy atom. The minimum atomic E-state index is -4.91. The third kappa shape index (κ3) is 13.9. The molecule has 0 aliphatic carbocycles. The first-order chi connectivity index (χ1) is 24.4. The Bertz CT molecular complexity index is 1690. The number of hydrogen-bond donors (Lipinski definition) is 8. The number of carbonyl (C=O) groups is 3. The van der Waals surface area contributed by atoms with E-state index in [9.17, 15) is 40.7 Å². The van der Waals surface area contributed by atoms with Crippen molar-refractivity contribution in [3.05, 3.63) is 65.4 Å². The van der Waals surface area contributed by atoms with Crippen molar-refractivity contribution in [2.45, 2.75) is 43.4 Å².